The highest BCUT2D eigenvalue weighted by atomic mass is 32.2. The van der Waals surface area contributed by atoms with Crippen molar-refractivity contribution in [2.45, 2.75) is 44.7 Å². The third-order valence-electron chi connectivity index (χ3n) is 4.55. The molecular formula is C15H28N2O2S. The van der Waals surface area contributed by atoms with Crippen LogP contribution in [-0.4, -0.2) is 61.2 Å². The van der Waals surface area contributed by atoms with Gasteiger partial charge in [0.25, 0.3) is 0 Å². The van der Waals surface area contributed by atoms with Gasteiger partial charge in [-0.2, -0.15) is 11.8 Å². The van der Waals surface area contributed by atoms with Crippen LogP contribution in [0.3, 0.4) is 0 Å². The summed E-state index contributed by atoms with van der Waals surface area (Å²) in [6, 6.07) is 0.433. The zero-order valence-corrected chi connectivity index (χ0v) is 13.6. The number of carbonyl (C=O) groups excluding carboxylic acids is 1. The van der Waals surface area contributed by atoms with Crippen molar-refractivity contribution in [3.05, 3.63) is 0 Å². The summed E-state index contributed by atoms with van der Waals surface area (Å²) >= 11 is 1.96. The maximum atomic E-state index is 12.9. The minimum atomic E-state index is 0.0242. The molecule has 0 aliphatic carbocycles. The van der Waals surface area contributed by atoms with E-state index >= 15 is 0 Å². The van der Waals surface area contributed by atoms with E-state index in [0.29, 0.717) is 24.5 Å². The molecule has 1 amide bonds. The molecule has 0 saturated carbocycles. The van der Waals surface area contributed by atoms with Gasteiger partial charge in [0.1, 0.15) is 0 Å². The minimum Gasteiger partial charge on any atom is -0.383 e. The van der Waals surface area contributed by atoms with Gasteiger partial charge in [0.15, 0.2) is 0 Å². The Bertz CT molecular complexity index is 308. The van der Waals surface area contributed by atoms with Crippen molar-refractivity contribution in [3.8, 4) is 0 Å². The third kappa shape index (κ3) is 4.12. The quantitative estimate of drug-likeness (QED) is 0.811. The molecule has 0 aromatic carbocycles. The van der Waals surface area contributed by atoms with Gasteiger partial charge in [0, 0.05) is 25.4 Å². The molecule has 3 unspecified atom stereocenters. The highest BCUT2D eigenvalue weighted by Gasteiger charge is 2.33. The van der Waals surface area contributed by atoms with Crippen LogP contribution in [0.5, 0.6) is 0 Å². The molecule has 0 radical (unpaired) electrons. The second-order valence-corrected chi connectivity index (χ2v) is 7.00. The van der Waals surface area contributed by atoms with Gasteiger partial charge < -0.3 is 15.0 Å². The SMILES string of the molecule is CCC1CCNC(C(=O)N(CCOC)C2CCSC2)C1. The molecule has 2 heterocycles. The third-order valence-corrected chi connectivity index (χ3v) is 5.70. The zero-order chi connectivity index (χ0) is 14.4. The highest BCUT2D eigenvalue weighted by Crippen LogP contribution is 2.25. The fraction of sp³-hybridized carbons (Fsp3) is 0.933. The van der Waals surface area contributed by atoms with Crippen LogP contribution in [0.15, 0.2) is 0 Å². The fourth-order valence-electron chi connectivity index (χ4n) is 3.19. The van der Waals surface area contributed by atoms with Gasteiger partial charge in [-0.15, -0.1) is 0 Å². The van der Waals surface area contributed by atoms with Gasteiger partial charge >= 0.3 is 0 Å². The summed E-state index contributed by atoms with van der Waals surface area (Å²) in [6.45, 7) is 4.58. The standard InChI is InChI=1S/C15H28N2O2S/c1-3-12-4-6-16-14(10-12)15(18)17(7-8-19-2)13-5-9-20-11-13/h12-14,16H,3-11H2,1-2H3. The number of nitrogens with zero attached hydrogens (tertiary/aromatic N) is 1. The van der Waals surface area contributed by atoms with E-state index in [1.807, 2.05) is 11.8 Å². The van der Waals surface area contributed by atoms with Crippen LogP contribution in [0.25, 0.3) is 0 Å². The van der Waals surface area contributed by atoms with Crippen LogP contribution in [0.4, 0.5) is 0 Å². The molecular weight excluding hydrogens is 272 g/mol. The summed E-state index contributed by atoms with van der Waals surface area (Å²) in [5.41, 5.74) is 0. The number of hydrogen-bond acceptors (Lipinski definition) is 4. The lowest BCUT2D eigenvalue weighted by atomic mass is 9.89. The molecule has 0 aromatic rings. The smallest absolute Gasteiger partial charge is 0.240 e. The highest BCUT2D eigenvalue weighted by molar-refractivity contribution is 7.99. The predicted molar refractivity (Wildman–Crippen MR) is 84.1 cm³/mol. The van der Waals surface area contributed by atoms with E-state index in [1.165, 1.54) is 18.6 Å². The van der Waals surface area contributed by atoms with Crippen molar-refractivity contribution >= 4 is 17.7 Å². The molecule has 0 aromatic heterocycles. The first-order valence-corrected chi connectivity index (χ1v) is 9.02. The minimum absolute atomic E-state index is 0.0242. The Labute approximate surface area is 127 Å². The van der Waals surface area contributed by atoms with Crippen molar-refractivity contribution in [1.29, 1.82) is 0 Å². The summed E-state index contributed by atoms with van der Waals surface area (Å²) < 4.78 is 5.19. The molecule has 2 saturated heterocycles. The van der Waals surface area contributed by atoms with Crippen molar-refractivity contribution in [2.24, 2.45) is 5.92 Å². The number of nitrogens with one attached hydrogen (secondary N) is 1. The van der Waals surface area contributed by atoms with Crippen molar-refractivity contribution in [1.82, 2.24) is 10.2 Å². The van der Waals surface area contributed by atoms with Gasteiger partial charge in [0.05, 0.1) is 12.6 Å². The van der Waals surface area contributed by atoms with E-state index < -0.39 is 0 Å². The maximum absolute atomic E-state index is 12.9. The van der Waals surface area contributed by atoms with E-state index in [4.69, 9.17) is 4.74 Å². The van der Waals surface area contributed by atoms with E-state index in [-0.39, 0.29) is 6.04 Å². The molecule has 20 heavy (non-hydrogen) atoms. The molecule has 2 fully saturated rings. The summed E-state index contributed by atoms with van der Waals surface area (Å²) in [5, 5.41) is 3.42. The van der Waals surface area contributed by atoms with Gasteiger partial charge in [-0.05, 0) is 37.5 Å². The topological polar surface area (TPSA) is 41.6 Å². The molecule has 0 spiro atoms. The average Bonchev–Trinajstić information content (AvgIpc) is 3.01. The van der Waals surface area contributed by atoms with Crippen molar-refractivity contribution in [2.75, 3.05) is 38.3 Å². The summed E-state index contributed by atoms with van der Waals surface area (Å²) in [6.07, 6.45) is 4.52. The first kappa shape index (κ1) is 16.1. The monoisotopic (exact) mass is 300 g/mol. The Morgan fingerprint density at radius 1 is 1.45 bits per heavy atom. The van der Waals surface area contributed by atoms with Gasteiger partial charge in [-0.25, -0.2) is 0 Å². The number of methoxy groups -OCH3 is 1. The predicted octanol–water partition coefficient (Wildman–Crippen LogP) is 1.75. The molecule has 0 bridgehead atoms. The lowest BCUT2D eigenvalue weighted by Crippen LogP contribution is -2.54. The number of carbonyl (C=O) groups is 1. The Morgan fingerprint density at radius 3 is 2.95 bits per heavy atom. The van der Waals surface area contributed by atoms with E-state index in [2.05, 4.69) is 17.1 Å². The van der Waals surface area contributed by atoms with Crippen molar-refractivity contribution in [3.63, 3.8) is 0 Å². The fourth-order valence-corrected chi connectivity index (χ4v) is 4.41. The number of ether oxygens (including phenoxy) is 1. The van der Waals surface area contributed by atoms with Crippen molar-refractivity contribution < 1.29 is 9.53 Å². The van der Waals surface area contributed by atoms with E-state index in [0.717, 1.165) is 31.7 Å². The molecule has 2 aliphatic rings. The lowest BCUT2D eigenvalue weighted by molar-refractivity contribution is -0.137. The zero-order valence-electron chi connectivity index (χ0n) is 12.8. The van der Waals surface area contributed by atoms with Gasteiger partial charge in [0.2, 0.25) is 5.91 Å². The Balaban J connectivity index is 1.97. The van der Waals surface area contributed by atoms with Crippen LogP contribution >= 0.6 is 11.8 Å². The van der Waals surface area contributed by atoms with Crippen LogP contribution in [0.1, 0.15) is 32.6 Å². The summed E-state index contributed by atoms with van der Waals surface area (Å²) in [7, 11) is 1.71. The molecule has 3 atom stereocenters. The maximum Gasteiger partial charge on any atom is 0.240 e. The lowest BCUT2D eigenvalue weighted by Gasteiger charge is -2.35. The second kappa shape index (κ2) is 8.25. The molecule has 4 nitrogen and oxygen atoms in total. The molecule has 2 rings (SSSR count). The van der Waals surface area contributed by atoms with Crippen LogP contribution < -0.4 is 5.32 Å². The van der Waals surface area contributed by atoms with Gasteiger partial charge in [-0.1, -0.05) is 13.3 Å². The molecule has 5 heteroatoms. The number of thioether (sulfide) groups is 1. The summed E-state index contributed by atoms with van der Waals surface area (Å²) in [4.78, 5) is 14.9. The average molecular weight is 300 g/mol. The Morgan fingerprint density at radius 2 is 2.30 bits per heavy atom. The first-order valence-electron chi connectivity index (χ1n) is 7.86. The molecule has 2 aliphatic heterocycles. The van der Waals surface area contributed by atoms with Crippen LogP contribution in [0.2, 0.25) is 0 Å². The number of hydrogen-bond donors (Lipinski definition) is 1. The van der Waals surface area contributed by atoms with E-state index in [1.54, 1.807) is 7.11 Å². The normalized spacial score (nSPS) is 30.4. The Hall–Kier alpha value is -0.260. The van der Waals surface area contributed by atoms with Crippen LogP contribution in [-0.2, 0) is 9.53 Å². The van der Waals surface area contributed by atoms with E-state index in [9.17, 15) is 4.79 Å². The first-order chi connectivity index (χ1) is 9.76. The second-order valence-electron chi connectivity index (χ2n) is 5.85. The van der Waals surface area contributed by atoms with Gasteiger partial charge in [-0.3, -0.25) is 4.79 Å². The largest absolute Gasteiger partial charge is 0.383 e. The molecule has 1 N–H and O–H groups in total. The summed E-state index contributed by atoms with van der Waals surface area (Å²) in [5.74, 6) is 3.26. The number of amides is 1. The van der Waals surface area contributed by atoms with Crippen LogP contribution in [0, 0.1) is 5.92 Å². The Kier molecular flexibility index (Phi) is 6.65. The number of rotatable bonds is 6. The molecule has 116 valence electrons. The number of piperidine rings is 1.